The van der Waals surface area contributed by atoms with E-state index in [9.17, 15) is 14.4 Å². The van der Waals surface area contributed by atoms with Gasteiger partial charge in [-0.15, -0.1) is 0 Å². The third-order valence-electron chi connectivity index (χ3n) is 5.80. The maximum atomic E-state index is 12.9. The van der Waals surface area contributed by atoms with Gasteiger partial charge in [0.2, 0.25) is 11.8 Å². The van der Waals surface area contributed by atoms with Gasteiger partial charge in [-0.2, -0.15) is 0 Å². The van der Waals surface area contributed by atoms with Crippen molar-refractivity contribution in [1.29, 1.82) is 0 Å². The van der Waals surface area contributed by atoms with Crippen LogP contribution in [0.2, 0.25) is 0 Å². The van der Waals surface area contributed by atoms with Gasteiger partial charge in [-0.1, -0.05) is 42.0 Å². The first-order valence-corrected chi connectivity index (χ1v) is 10.7. The topological polar surface area (TPSA) is 79.0 Å². The lowest BCUT2D eigenvalue weighted by atomic mass is 9.96. The number of likely N-dealkylation sites (tertiary alicyclic amines) is 1. The summed E-state index contributed by atoms with van der Waals surface area (Å²) in [6.07, 6.45) is 1.05. The maximum Gasteiger partial charge on any atom is 0.410 e. The molecule has 2 aromatic carbocycles. The predicted molar refractivity (Wildman–Crippen MR) is 117 cm³/mol. The third kappa shape index (κ3) is 5.05. The van der Waals surface area contributed by atoms with Crippen molar-refractivity contribution in [2.45, 2.75) is 19.8 Å². The molecule has 0 saturated carbocycles. The van der Waals surface area contributed by atoms with Gasteiger partial charge in [0, 0.05) is 18.8 Å². The number of benzene rings is 2. The Morgan fingerprint density at radius 3 is 2.61 bits per heavy atom. The molecule has 0 aliphatic carbocycles. The molecule has 1 N–H and O–H groups in total. The monoisotopic (exact) mass is 421 g/mol. The summed E-state index contributed by atoms with van der Waals surface area (Å²) in [7, 11) is 0. The van der Waals surface area contributed by atoms with Crippen LogP contribution in [-0.2, 0) is 14.3 Å². The van der Waals surface area contributed by atoms with Crippen LogP contribution in [-0.4, -0.2) is 60.5 Å². The van der Waals surface area contributed by atoms with E-state index < -0.39 is 6.09 Å². The highest BCUT2D eigenvalue weighted by atomic mass is 16.6. The van der Waals surface area contributed by atoms with Crippen molar-refractivity contribution in [3.63, 3.8) is 0 Å². The molecule has 4 rings (SSSR count). The highest BCUT2D eigenvalue weighted by Crippen LogP contribution is 2.25. The van der Waals surface area contributed by atoms with E-state index in [2.05, 4.69) is 30.4 Å². The minimum Gasteiger partial charge on any atom is -0.448 e. The van der Waals surface area contributed by atoms with Crippen LogP contribution in [0.25, 0.3) is 11.1 Å². The number of piperidine rings is 1. The van der Waals surface area contributed by atoms with E-state index in [4.69, 9.17) is 4.74 Å². The van der Waals surface area contributed by atoms with Crippen molar-refractivity contribution in [3.05, 3.63) is 54.1 Å². The molecular weight excluding hydrogens is 394 g/mol. The van der Waals surface area contributed by atoms with E-state index in [0.29, 0.717) is 26.2 Å². The second-order valence-electron chi connectivity index (χ2n) is 8.15. The molecule has 2 aromatic rings. The number of anilines is 1. The molecule has 162 valence electrons. The Labute approximate surface area is 182 Å². The standard InChI is InChI=1S/C24H27N3O4/c1-17-5-2-6-18(13-17)19-7-3-9-21(14-19)25-23(29)20-8-4-10-26(15-20)22(28)16-27-11-12-31-24(27)30/h2-3,5-7,9,13-14,20H,4,8,10-12,15-16H2,1H3,(H,25,29). The van der Waals surface area contributed by atoms with Crippen molar-refractivity contribution in [2.75, 3.05) is 38.1 Å². The summed E-state index contributed by atoms with van der Waals surface area (Å²) >= 11 is 0. The van der Waals surface area contributed by atoms with Crippen molar-refractivity contribution in [2.24, 2.45) is 5.92 Å². The highest BCUT2D eigenvalue weighted by Gasteiger charge is 2.31. The van der Waals surface area contributed by atoms with Crippen molar-refractivity contribution < 1.29 is 19.1 Å². The molecule has 1 unspecified atom stereocenters. The van der Waals surface area contributed by atoms with E-state index in [1.165, 1.54) is 10.5 Å². The van der Waals surface area contributed by atoms with Crippen molar-refractivity contribution in [3.8, 4) is 11.1 Å². The normalized spacial score (nSPS) is 18.6. The second-order valence-corrected chi connectivity index (χ2v) is 8.15. The number of carbonyl (C=O) groups is 3. The van der Waals surface area contributed by atoms with E-state index in [0.717, 1.165) is 29.7 Å². The average molecular weight is 421 g/mol. The van der Waals surface area contributed by atoms with E-state index in [1.54, 1.807) is 4.90 Å². The van der Waals surface area contributed by atoms with Crippen molar-refractivity contribution in [1.82, 2.24) is 9.80 Å². The first-order chi connectivity index (χ1) is 15.0. The minimum absolute atomic E-state index is 0.00566. The Morgan fingerprint density at radius 1 is 1.10 bits per heavy atom. The first-order valence-electron chi connectivity index (χ1n) is 10.7. The molecule has 2 aliphatic heterocycles. The molecule has 3 amide bonds. The molecule has 2 fully saturated rings. The summed E-state index contributed by atoms with van der Waals surface area (Å²) in [5.41, 5.74) is 4.07. The Balaban J connectivity index is 1.37. The lowest BCUT2D eigenvalue weighted by Crippen LogP contribution is -2.47. The number of hydrogen-bond acceptors (Lipinski definition) is 4. The molecule has 0 bridgehead atoms. The zero-order valence-electron chi connectivity index (χ0n) is 17.7. The van der Waals surface area contributed by atoms with Gasteiger partial charge in [0.25, 0.3) is 0 Å². The van der Waals surface area contributed by atoms with Crippen LogP contribution in [0.4, 0.5) is 10.5 Å². The van der Waals surface area contributed by atoms with Gasteiger partial charge in [-0.25, -0.2) is 4.79 Å². The number of carbonyl (C=O) groups excluding carboxylic acids is 3. The zero-order valence-corrected chi connectivity index (χ0v) is 17.7. The summed E-state index contributed by atoms with van der Waals surface area (Å²) in [4.78, 5) is 40.2. The number of aryl methyl sites for hydroxylation is 1. The summed E-state index contributed by atoms with van der Waals surface area (Å²) in [5.74, 6) is -0.497. The summed E-state index contributed by atoms with van der Waals surface area (Å²) in [6.45, 7) is 3.78. The van der Waals surface area contributed by atoms with Crippen LogP contribution >= 0.6 is 0 Å². The summed E-state index contributed by atoms with van der Waals surface area (Å²) in [5, 5.41) is 3.01. The van der Waals surface area contributed by atoms with Crippen LogP contribution < -0.4 is 5.32 Å². The molecule has 7 nitrogen and oxygen atoms in total. The number of rotatable bonds is 5. The molecule has 0 aromatic heterocycles. The Kier molecular flexibility index (Phi) is 6.21. The van der Waals surface area contributed by atoms with Crippen LogP contribution in [0, 0.1) is 12.8 Å². The molecule has 31 heavy (non-hydrogen) atoms. The number of nitrogens with zero attached hydrogens (tertiary/aromatic N) is 2. The second kappa shape index (κ2) is 9.20. The fourth-order valence-electron chi connectivity index (χ4n) is 4.10. The zero-order chi connectivity index (χ0) is 21.8. The number of amides is 3. The Bertz CT molecular complexity index is 990. The molecule has 0 spiro atoms. The van der Waals surface area contributed by atoms with Gasteiger partial charge in [-0.05, 0) is 43.0 Å². The quantitative estimate of drug-likeness (QED) is 0.804. The van der Waals surface area contributed by atoms with Gasteiger partial charge in [0.1, 0.15) is 13.2 Å². The van der Waals surface area contributed by atoms with Gasteiger partial charge in [0.05, 0.1) is 12.5 Å². The molecule has 2 aliphatic rings. The Hall–Kier alpha value is -3.35. The number of cyclic esters (lactones) is 1. The van der Waals surface area contributed by atoms with E-state index in [-0.39, 0.29) is 24.3 Å². The maximum absolute atomic E-state index is 12.9. The SMILES string of the molecule is Cc1cccc(-c2cccc(NC(=O)C3CCCN(C(=O)CN4CCOC4=O)C3)c2)c1. The fourth-order valence-corrected chi connectivity index (χ4v) is 4.10. The van der Waals surface area contributed by atoms with Crippen molar-refractivity contribution >= 4 is 23.6 Å². The molecule has 0 radical (unpaired) electrons. The van der Waals surface area contributed by atoms with Gasteiger partial charge in [0.15, 0.2) is 0 Å². The predicted octanol–water partition coefficient (Wildman–Crippen LogP) is 3.29. The molecule has 2 heterocycles. The van der Waals surface area contributed by atoms with E-state index >= 15 is 0 Å². The smallest absolute Gasteiger partial charge is 0.410 e. The first kappa shape index (κ1) is 20.9. The molecule has 7 heteroatoms. The van der Waals surface area contributed by atoms with Crippen LogP contribution in [0.3, 0.4) is 0 Å². The Morgan fingerprint density at radius 2 is 1.87 bits per heavy atom. The number of hydrogen-bond donors (Lipinski definition) is 1. The average Bonchev–Trinajstić information content (AvgIpc) is 3.18. The van der Waals surface area contributed by atoms with Gasteiger partial charge >= 0.3 is 6.09 Å². The fraction of sp³-hybridized carbons (Fsp3) is 0.375. The largest absolute Gasteiger partial charge is 0.448 e. The third-order valence-corrected chi connectivity index (χ3v) is 5.80. The molecule has 2 saturated heterocycles. The highest BCUT2D eigenvalue weighted by molar-refractivity contribution is 5.94. The summed E-state index contributed by atoms with van der Waals surface area (Å²) < 4.78 is 4.88. The van der Waals surface area contributed by atoms with Crippen LogP contribution in [0.1, 0.15) is 18.4 Å². The van der Waals surface area contributed by atoms with Crippen LogP contribution in [0.5, 0.6) is 0 Å². The van der Waals surface area contributed by atoms with Gasteiger partial charge < -0.3 is 15.0 Å². The molecule has 1 atom stereocenters. The number of ether oxygens (including phenoxy) is 1. The summed E-state index contributed by atoms with van der Waals surface area (Å²) in [6, 6.07) is 16.0. The lowest BCUT2D eigenvalue weighted by molar-refractivity contribution is -0.135. The minimum atomic E-state index is -0.451. The molecular formula is C24H27N3O4. The lowest BCUT2D eigenvalue weighted by Gasteiger charge is -2.32. The number of nitrogens with one attached hydrogen (secondary N) is 1. The van der Waals surface area contributed by atoms with Gasteiger partial charge in [-0.3, -0.25) is 14.5 Å². The van der Waals surface area contributed by atoms with E-state index in [1.807, 2.05) is 30.3 Å². The van der Waals surface area contributed by atoms with Crippen LogP contribution in [0.15, 0.2) is 48.5 Å².